The van der Waals surface area contributed by atoms with Crippen molar-refractivity contribution >= 4 is 10.8 Å². The molecule has 0 aromatic heterocycles. The molecule has 1 aromatic rings. The third kappa shape index (κ3) is 2.86. The van der Waals surface area contributed by atoms with Gasteiger partial charge >= 0.3 is 0 Å². The third-order valence-corrected chi connectivity index (χ3v) is 4.29. The summed E-state index contributed by atoms with van der Waals surface area (Å²) in [6, 6.07) is 2.65. The fraction of sp³-hybridized carbons (Fsp3) is 0.455. The van der Waals surface area contributed by atoms with Crippen LogP contribution < -0.4 is 5.73 Å². The van der Waals surface area contributed by atoms with E-state index in [4.69, 9.17) is 5.73 Å². The molecular formula is C11H15F2NOS. The number of halogens is 2. The molecule has 1 aromatic carbocycles. The molecule has 0 fully saturated rings. The summed E-state index contributed by atoms with van der Waals surface area (Å²) in [6.07, 6.45) is 0.643. The maximum Gasteiger partial charge on any atom is 0.139 e. The molecule has 2 N–H and O–H groups in total. The van der Waals surface area contributed by atoms with Gasteiger partial charge in [-0.05, 0) is 31.5 Å². The van der Waals surface area contributed by atoms with Crippen molar-refractivity contribution in [2.75, 3.05) is 0 Å². The van der Waals surface area contributed by atoms with E-state index in [1.165, 1.54) is 0 Å². The predicted octanol–water partition coefficient (Wildman–Crippen LogP) is 2.20. The maximum atomic E-state index is 13.3. The number of rotatable bonds is 4. The minimum atomic E-state index is -1.62. The van der Waals surface area contributed by atoms with Crippen LogP contribution in [0.4, 0.5) is 8.78 Å². The molecule has 16 heavy (non-hydrogen) atoms. The molecule has 0 heterocycles. The van der Waals surface area contributed by atoms with Gasteiger partial charge in [0.05, 0.1) is 20.9 Å². The Hall–Kier alpha value is -0.810. The van der Waals surface area contributed by atoms with Gasteiger partial charge in [0.25, 0.3) is 0 Å². The van der Waals surface area contributed by atoms with Crippen molar-refractivity contribution in [1.29, 1.82) is 0 Å². The van der Waals surface area contributed by atoms with Gasteiger partial charge in [0.2, 0.25) is 0 Å². The summed E-state index contributed by atoms with van der Waals surface area (Å²) < 4.78 is 38.2. The van der Waals surface area contributed by atoms with E-state index in [1.807, 2.05) is 6.92 Å². The molecule has 0 bridgehead atoms. The van der Waals surface area contributed by atoms with E-state index in [9.17, 15) is 13.0 Å². The summed E-state index contributed by atoms with van der Waals surface area (Å²) in [5.74, 6) is -1.25. The average Bonchev–Trinajstić information content (AvgIpc) is 2.29. The van der Waals surface area contributed by atoms with Crippen molar-refractivity contribution < 1.29 is 13.0 Å². The highest BCUT2D eigenvalue weighted by Crippen LogP contribution is 2.19. The van der Waals surface area contributed by atoms with E-state index in [0.29, 0.717) is 6.42 Å². The van der Waals surface area contributed by atoms with Crippen LogP contribution in [0.1, 0.15) is 20.3 Å². The monoisotopic (exact) mass is 247 g/mol. The van der Waals surface area contributed by atoms with Gasteiger partial charge in [-0.15, -0.1) is 0 Å². The van der Waals surface area contributed by atoms with Gasteiger partial charge in [-0.25, -0.2) is 8.78 Å². The Morgan fingerprint density at radius 2 is 2.06 bits per heavy atom. The van der Waals surface area contributed by atoms with E-state index >= 15 is 0 Å². The Balaban J connectivity index is 3.00. The molecule has 3 atom stereocenters. The zero-order valence-corrected chi connectivity index (χ0v) is 10.1. The van der Waals surface area contributed by atoms with Crippen LogP contribution in [-0.2, 0) is 10.8 Å². The third-order valence-electron chi connectivity index (χ3n) is 2.52. The summed E-state index contributed by atoms with van der Waals surface area (Å²) in [4.78, 5) is -0.114. The van der Waals surface area contributed by atoms with Crippen LogP contribution in [0.25, 0.3) is 0 Å². The van der Waals surface area contributed by atoms with Crippen LogP contribution >= 0.6 is 0 Å². The Morgan fingerprint density at radius 1 is 1.44 bits per heavy atom. The lowest BCUT2D eigenvalue weighted by atomic mass is 10.2. The van der Waals surface area contributed by atoms with E-state index in [0.717, 1.165) is 18.2 Å². The van der Waals surface area contributed by atoms with Crippen molar-refractivity contribution in [3.63, 3.8) is 0 Å². The minimum Gasteiger partial charge on any atom is -0.327 e. The van der Waals surface area contributed by atoms with Gasteiger partial charge in [-0.3, -0.25) is 4.21 Å². The molecule has 5 heteroatoms. The molecule has 0 aliphatic carbocycles. The molecule has 0 radical (unpaired) electrons. The van der Waals surface area contributed by atoms with Crippen molar-refractivity contribution in [3.05, 3.63) is 29.8 Å². The maximum absolute atomic E-state index is 13.3. The molecule has 0 amide bonds. The normalized spacial score (nSPS) is 16.8. The molecule has 2 nitrogen and oxygen atoms in total. The number of hydrogen-bond donors (Lipinski definition) is 1. The van der Waals surface area contributed by atoms with Gasteiger partial charge in [0, 0.05) is 6.04 Å². The zero-order chi connectivity index (χ0) is 12.3. The molecule has 0 spiro atoms. The van der Waals surface area contributed by atoms with Gasteiger partial charge < -0.3 is 5.73 Å². The van der Waals surface area contributed by atoms with Crippen LogP contribution in [0, 0.1) is 11.6 Å². The Kier molecular flexibility index (Phi) is 4.56. The molecule has 0 saturated carbocycles. The summed E-state index contributed by atoms with van der Waals surface area (Å²) in [5.41, 5.74) is 5.73. The largest absolute Gasteiger partial charge is 0.327 e. The second-order valence-corrected chi connectivity index (χ2v) is 5.43. The SMILES string of the molecule is CCC(N)C(C)S(=O)c1cc(F)ccc1F. The summed E-state index contributed by atoms with van der Waals surface area (Å²) >= 11 is 0. The van der Waals surface area contributed by atoms with Crippen molar-refractivity contribution in [1.82, 2.24) is 0 Å². The van der Waals surface area contributed by atoms with E-state index < -0.39 is 27.7 Å². The second kappa shape index (κ2) is 5.50. The van der Waals surface area contributed by atoms with Crippen LogP contribution in [0.3, 0.4) is 0 Å². The topological polar surface area (TPSA) is 43.1 Å². The predicted molar refractivity (Wildman–Crippen MR) is 60.5 cm³/mol. The van der Waals surface area contributed by atoms with Crippen molar-refractivity contribution in [2.24, 2.45) is 5.73 Å². The zero-order valence-electron chi connectivity index (χ0n) is 9.24. The van der Waals surface area contributed by atoms with Crippen LogP contribution in [0.2, 0.25) is 0 Å². The highest BCUT2D eigenvalue weighted by atomic mass is 32.2. The molecule has 1 rings (SSSR count). The van der Waals surface area contributed by atoms with E-state index in [1.54, 1.807) is 6.92 Å². The molecule has 90 valence electrons. The average molecular weight is 247 g/mol. The highest BCUT2D eigenvalue weighted by molar-refractivity contribution is 7.85. The first-order chi connectivity index (χ1) is 7.47. The van der Waals surface area contributed by atoms with Crippen molar-refractivity contribution in [2.45, 2.75) is 36.5 Å². The first-order valence-electron chi connectivity index (χ1n) is 5.08. The lowest BCUT2D eigenvalue weighted by molar-refractivity contribution is 0.564. The van der Waals surface area contributed by atoms with E-state index in [-0.39, 0.29) is 10.9 Å². The fourth-order valence-corrected chi connectivity index (χ4v) is 2.72. The standard InChI is InChI=1S/C11H15F2NOS/c1-3-10(14)7(2)16(15)11-6-8(12)4-5-9(11)13/h4-7,10H,3,14H2,1-2H3. The van der Waals surface area contributed by atoms with Gasteiger partial charge in [-0.1, -0.05) is 6.92 Å². The van der Waals surface area contributed by atoms with E-state index in [2.05, 4.69) is 0 Å². The Morgan fingerprint density at radius 3 is 2.62 bits per heavy atom. The molecule has 0 saturated heterocycles. The van der Waals surface area contributed by atoms with Crippen molar-refractivity contribution in [3.8, 4) is 0 Å². The lowest BCUT2D eigenvalue weighted by Gasteiger charge is -2.18. The Labute approximate surface area is 96.3 Å². The van der Waals surface area contributed by atoms with Crippen LogP contribution in [-0.4, -0.2) is 15.5 Å². The smallest absolute Gasteiger partial charge is 0.139 e. The Bertz CT molecular complexity index is 398. The summed E-state index contributed by atoms with van der Waals surface area (Å²) in [5, 5.41) is -0.402. The fourth-order valence-electron chi connectivity index (χ4n) is 1.32. The van der Waals surface area contributed by atoms with Gasteiger partial charge in [0.1, 0.15) is 11.6 Å². The lowest BCUT2D eigenvalue weighted by Crippen LogP contribution is -2.35. The van der Waals surface area contributed by atoms with Crippen LogP contribution in [0.5, 0.6) is 0 Å². The van der Waals surface area contributed by atoms with Crippen LogP contribution in [0.15, 0.2) is 23.1 Å². The molecule has 3 unspecified atom stereocenters. The summed E-state index contributed by atoms with van der Waals surface area (Å²) in [6.45, 7) is 3.54. The molecule has 0 aliphatic heterocycles. The number of nitrogens with two attached hydrogens (primary N) is 1. The first kappa shape index (κ1) is 13.3. The van der Waals surface area contributed by atoms with Gasteiger partial charge in [-0.2, -0.15) is 0 Å². The molecular weight excluding hydrogens is 232 g/mol. The first-order valence-corrected chi connectivity index (χ1v) is 6.29. The quantitative estimate of drug-likeness (QED) is 0.886. The highest BCUT2D eigenvalue weighted by Gasteiger charge is 2.22. The second-order valence-electron chi connectivity index (χ2n) is 3.65. The number of benzene rings is 1. The summed E-state index contributed by atoms with van der Waals surface area (Å²) in [7, 11) is -1.62. The molecule has 0 aliphatic rings. The minimum absolute atomic E-state index is 0.114. The van der Waals surface area contributed by atoms with Gasteiger partial charge in [0.15, 0.2) is 0 Å². The number of hydrogen-bond acceptors (Lipinski definition) is 2.